The van der Waals surface area contributed by atoms with Gasteiger partial charge in [-0.05, 0) is 19.3 Å². The predicted molar refractivity (Wildman–Crippen MR) is 160 cm³/mol. The van der Waals surface area contributed by atoms with Crippen LogP contribution in [-0.2, 0) is 10.3 Å². The number of aromatic nitrogens is 3. The molecule has 6 rings (SSSR count). The third-order valence-corrected chi connectivity index (χ3v) is 9.76. The molecule has 3 aliphatic heterocycles. The van der Waals surface area contributed by atoms with Gasteiger partial charge < -0.3 is 26.0 Å². The molecule has 41 heavy (non-hydrogen) atoms. The zero-order chi connectivity index (χ0) is 28.4. The van der Waals surface area contributed by atoms with E-state index in [2.05, 4.69) is 30.5 Å². The number of anilines is 4. The second kappa shape index (κ2) is 12.3. The largest absolute Gasteiger partial charge is 0.381 e. The van der Waals surface area contributed by atoms with E-state index in [0.717, 1.165) is 77.2 Å². The number of nitrogens with one attached hydrogen (secondary N) is 2. The van der Waals surface area contributed by atoms with Crippen LogP contribution in [0, 0.1) is 0 Å². The molecule has 4 aliphatic rings. The van der Waals surface area contributed by atoms with Crippen LogP contribution >= 0.6 is 11.6 Å². The first-order valence-electron chi connectivity index (χ1n) is 15.3. The number of fused-ring (bicyclic) bond motifs is 2. The Morgan fingerprint density at radius 1 is 1.10 bits per heavy atom. The van der Waals surface area contributed by atoms with Crippen LogP contribution in [0.15, 0.2) is 12.4 Å². The van der Waals surface area contributed by atoms with Gasteiger partial charge in [-0.15, -0.1) is 0 Å². The summed E-state index contributed by atoms with van der Waals surface area (Å²) in [6.07, 6.45) is 12.2. The fourth-order valence-corrected chi connectivity index (χ4v) is 7.47. The van der Waals surface area contributed by atoms with E-state index in [1.54, 1.807) is 17.1 Å². The lowest BCUT2D eigenvalue weighted by Crippen LogP contribution is -2.51. The first-order valence-corrected chi connectivity index (χ1v) is 15.6. The molecule has 2 unspecified atom stereocenters. The van der Waals surface area contributed by atoms with Crippen molar-refractivity contribution in [3.63, 3.8) is 0 Å². The molecule has 0 radical (unpaired) electrons. The van der Waals surface area contributed by atoms with Gasteiger partial charge in [0.15, 0.2) is 5.82 Å². The van der Waals surface area contributed by atoms with E-state index in [9.17, 15) is 4.79 Å². The van der Waals surface area contributed by atoms with Crippen molar-refractivity contribution in [2.45, 2.75) is 82.0 Å². The fourth-order valence-electron chi connectivity index (χ4n) is 7.20. The molecule has 1 amide bonds. The number of amides is 1. The lowest BCUT2D eigenvalue weighted by Gasteiger charge is -2.42. The Labute approximate surface area is 246 Å². The SMILES string of the molecule is Nc1nn2c(c1C(=O)Nc1cncc(Cl)c1N1CCN(C3CCOC3)CC1)NCC(F)C21CCCCCCCCC1. The van der Waals surface area contributed by atoms with Crippen molar-refractivity contribution in [1.29, 1.82) is 0 Å². The number of hydrogen-bond acceptors (Lipinski definition) is 8. The number of nitrogens with zero attached hydrogens (tertiary/aromatic N) is 5. The quantitative estimate of drug-likeness (QED) is 0.473. The van der Waals surface area contributed by atoms with Gasteiger partial charge in [-0.25, -0.2) is 9.07 Å². The number of hydrogen-bond donors (Lipinski definition) is 3. The molecule has 1 spiro atoms. The number of halogens is 2. The number of piperazine rings is 1. The Hall–Kier alpha value is -2.63. The molecule has 4 N–H and O–H groups in total. The summed E-state index contributed by atoms with van der Waals surface area (Å²) in [5.74, 6) is 0.185. The molecule has 0 bridgehead atoms. The molecule has 3 fully saturated rings. The molecule has 2 saturated heterocycles. The van der Waals surface area contributed by atoms with Gasteiger partial charge in [-0.3, -0.25) is 14.7 Å². The molecular formula is C29H42ClFN8O2. The maximum absolute atomic E-state index is 15.8. The summed E-state index contributed by atoms with van der Waals surface area (Å²) < 4.78 is 23.0. The van der Waals surface area contributed by atoms with Gasteiger partial charge in [-0.1, -0.05) is 56.5 Å². The van der Waals surface area contributed by atoms with E-state index in [1.165, 1.54) is 19.3 Å². The third kappa shape index (κ3) is 5.60. The standard InChI is InChI=1S/C29H42ClFN8O2/c30-21-16-33-17-22(25(21)38-13-11-37(12-14-38)20-8-15-41-19-20)35-28(40)24-26(32)36-39-27(24)34-18-23(31)29(39)9-6-4-2-1-3-5-7-10-29/h16-17,20,23,34H,1-15,18-19H2,(H2,32,36)(H,35,40). The van der Waals surface area contributed by atoms with Crippen molar-refractivity contribution >= 4 is 40.5 Å². The van der Waals surface area contributed by atoms with Crippen molar-refractivity contribution < 1.29 is 13.9 Å². The number of nitrogens with two attached hydrogens (primary N) is 1. The zero-order valence-corrected chi connectivity index (χ0v) is 24.5. The molecule has 2 aromatic heterocycles. The normalized spacial score (nSPS) is 25.5. The van der Waals surface area contributed by atoms with E-state index in [4.69, 9.17) is 22.1 Å². The monoisotopic (exact) mass is 588 g/mol. The van der Waals surface area contributed by atoms with Crippen molar-refractivity contribution in [2.24, 2.45) is 0 Å². The Morgan fingerprint density at radius 2 is 1.80 bits per heavy atom. The number of pyridine rings is 1. The van der Waals surface area contributed by atoms with E-state index < -0.39 is 17.6 Å². The maximum atomic E-state index is 15.8. The fraction of sp³-hybridized carbons (Fsp3) is 0.690. The maximum Gasteiger partial charge on any atom is 0.263 e. The van der Waals surface area contributed by atoms with Gasteiger partial charge >= 0.3 is 0 Å². The number of alkyl halides is 1. The van der Waals surface area contributed by atoms with Gasteiger partial charge in [0.05, 0.1) is 34.7 Å². The first kappa shape index (κ1) is 28.5. The molecule has 1 saturated carbocycles. The molecule has 2 atom stereocenters. The number of nitrogen functional groups attached to an aromatic ring is 1. The molecule has 10 nitrogen and oxygen atoms in total. The first-order chi connectivity index (χ1) is 20.0. The Kier molecular flexibility index (Phi) is 8.55. The van der Waals surface area contributed by atoms with Gasteiger partial charge in [0, 0.05) is 51.6 Å². The zero-order valence-electron chi connectivity index (χ0n) is 23.7. The van der Waals surface area contributed by atoms with E-state index >= 15 is 4.39 Å². The summed E-state index contributed by atoms with van der Waals surface area (Å²) in [5.41, 5.74) is 7.11. The van der Waals surface area contributed by atoms with E-state index in [0.29, 0.717) is 35.4 Å². The average molecular weight is 589 g/mol. The second-order valence-electron chi connectivity index (χ2n) is 12.0. The summed E-state index contributed by atoms with van der Waals surface area (Å²) in [6, 6.07) is 0.465. The van der Waals surface area contributed by atoms with Crippen molar-refractivity contribution in [3.8, 4) is 0 Å². The summed E-state index contributed by atoms with van der Waals surface area (Å²) in [5, 5.41) is 11.2. The van der Waals surface area contributed by atoms with E-state index in [-0.39, 0.29) is 17.9 Å². The highest BCUT2D eigenvalue weighted by atomic mass is 35.5. The van der Waals surface area contributed by atoms with Gasteiger partial charge in [-0.2, -0.15) is 5.10 Å². The lowest BCUT2D eigenvalue weighted by molar-refractivity contribution is 0.0721. The minimum atomic E-state index is -1.11. The van der Waals surface area contributed by atoms with Crippen molar-refractivity contribution in [2.75, 3.05) is 67.2 Å². The number of carbonyl (C=O) groups excluding carboxylic acids is 1. The van der Waals surface area contributed by atoms with E-state index in [1.807, 2.05) is 0 Å². The van der Waals surface area contributed by atoms with Gasteiger partial charge in [0.25, 0.3) is 5.91 Å². The Bertz CT molecular complexity index is 1220. The highest BCUT2D eigenvalue weighted by Gasteiger charge is 2.47. The molecule has 2 aromatic rings. The van der Waals surface area contributed by atoms with Crippen LogP contribution < -0.4 is 21.3 Å². The number of ether oxygens (including phenoxy) is 1. The van der Waals surface area contributed by atoms with Gasteiger partial charge in [0.1, 0.15) is 17.6 Å². The van der Waals surface area contributed by atoms with Crippen LogP contribution in [-0.4, -0.2) is 83.7 Å². The Balaban J connectivity index is 1.24. The smallest absolute Gasteiger partial charge is 0.263 e. The average Bonchev–Trinajstić information content (AvgIpc) is 3.63. The van der Waals surface area contributed by atoms with Crippen molar-refractivity contribution in [1.82, 2.24) is 19.7 Å². The molecule has 5 heterocycles. The second-order valence-corrected chi connectivity index (χ2v) is 12.4. The lowest BCUT2D eigenvalue weighted by atomic mass is 9.80. The number of rotatable bonds is 4. The predicted octanol–water partition coefficient (Wildman–Crippen LogP) is 4.66. The van der Waals surface area contributed by atoms with Crippen LogP contribution in [0.5, 0.6) is 0 Å². The van der Waals surface area contributed by atoms with Crippen molar-refractivity contribution in [3.05, 3.63) is 23.0 Å². The molecule has 0 aromatic carbocycles. The summed E-state index contributed by atoms with van der Waals surface area (Å²) in [7, 11) is 0. The number of carbonyl (C=O) groups is 1. The summed E-state index contributed by atoms with van der Waals surface area (Å²) >= 11 is 6.66. The minimum absolute atomic E-state index is 0.0968. The van der Waals surface area contributed by atoms with Crippen LogP contribution in [0.4, 0.5) is 27.4 Å². The third-order valence-electron chi connectivity index (χ3n) is 9.49. The van der Waals surface area contributed by atoms with Crippen LogP contribution in [0.3, 0.4) is 0 Å². The molecular weight excluding hydrogens is 547 g/mol. The van der Waals surface area contributed by atoms with Crippen LogP contribution in [0.1, 0.15) is 74.6 Å². The highest BCUT2D eigenvalue weighted by molar-refractivity contribution is 6.34. The molecule has 1 aliphatic carbocycles. The molecule has 12 heteroatoms. The minimum Gasteiger partial charge on any atom is -0.381 e. The van der Waals surface area contributed by atoms with Crippen LogP contribution in [0.2, 0.25) is 5.02 Å². The Morgan fingerprint density at radius 3 is 2.49 bits per heavy atom. The topological polar surface area (TPSA) is 114 Å². The highest BCUT2D eigenvalue weighted by Crippen LogP contribution is 2.44. The van der Waals surface area contributed by atoms with Crippen LogP contribution in [0.25, 0.3) is 0 Å². The van der Waals surface area contributed by atoms with Gasteiger partial charge in [0.2, 0.25) is 0 Å². The summed E-state index contributed by atoms with van der Waals surface area (Å²) in [4.78, 5) is 22.8. The summed E-state index contributed by atoms with van der Waals surface area (Å²) in [6.45, 7) is 5.06. The molecule has 224 valence electrons.